The molecule has 1 aliphatic rings. The standard InChI is InChI=1S/C19H17FN2O2/c20-19(8-6-14-11-21-13-22-12-14)9-7-16(18(23)24)17(10-19)15-4-2-1-3-5-15/h1-5,11-13,16-17H,7,9-10H2,(H,23,24)/t16-,17+,19+/m1/s1. The topological polar surface area (TPSA) is 63.1 Å². The van der Waals surface area contributed by atoms with Gasteiger partial charge in [-0.1, -0.05) is 42.2 Å². The molecule has 1 aromatic carbocycles. The van der Waals surface area contributed by atoms with Crippen molar-refractivity contribution in [3.63, 3.8) is 0 Å². The van der Waals surface area contributed by atoms with Crippen LogP contribution in [0.1, 0.15) is 36.3 Å². The number of aliphatic carboxylic acids is 1. The van der Waals surface area contributed by atoms with Crippen LogP contribution in [0, 0.1) is 17.8 Å². The fourth-order valence-corrected chi connectivity index (χ4v) is 3.19. The maximum atomic E-state index is 15.2. The molecule has 3 atom stereocenters. The van der Waals surface area contributed by atoms with Crippen molar-refractivity contribution in [1.29, 1.82) is 0 Å². The first-order valence-corrected chi connectivity index (χ1v) is 7.82. The molecular formula is C19H17FN2O2. The van der Waals surface area contributed by atoms with E-state index in [0.29, 0.717) is 5.56 Å². The Hall–Kier alpha value is -2.74. The van der Waals surface area contributed by atoms with Crippen LogP contribution in [0.15, 0.2) is 49.1 Å². The van der Waals surface area contributed by atoms with Crippen LogP contribution < -0.4 is 0 Å². The van der Waals surface area contributed by atoms with E-state index in [9.17, 15) is 9.90 Å². The van der Waals surface area contributed by atoms with Gasteiger partial charge >= 0.3 is 5.97 Å². The van der Waals surface area contributed by atoms with Crippen molar-refractivity contribution in [2.24, 2.45) is 5.92 Å². The zero-order valence-electron chi connectivity index (χ0n) is 13.0. The van der Waals surface area contributed by atoms with E-state index < -0.39 is 17.6 Å². The molecule has 4 nitrogen and oxygen atoms in total. The molecule has 1 heterocycles. The summed E-state index contributed by atoms with van der Waals surface area (Å²) in [6.07, 6.45) is 4.91. The highest BCUT2D eigenvalue weighted by Gasteiger charge is 2.43. The van der Waals surface area contributed by atoms with Gasteiger partial charge in [-0.3, -0.25) is 4.79 Å². The van der Waals surface area contributed by atoms with Gasteiger partial charge in [-0.05, 0) is 18.4 Å². The van der Waals surface area contributed by atoms with E-state index in [1.807, 2.05) is 30.3 Å². The Morgan fingerprint density at radius 3 is 2.62 bits per heavy atom. The first kappa shape index (κ1) is 16.1. The molecule has 0 aliphatic heterocycles. The number of carbonyl (C=O) groups is 1. The molecule has 0 amide bonds. The number of nitrogens with zero attached hydrogens (tertiary/aromatic N) is 2. The first-order valence-electron chi connectivity index (χ1n) is 7.82. The van der Waals surface area contributed by atoms with Gasteiger partial charge in [0.25, 0.3) is 0 Å². The number of alkyl halides is 1. The fourth-order valence-electron chi connectivity index (χ4n) is 3.19. The third-order valence-corrected chi connectivity index (χ3v) is 4.42. The van der Waals surface area contributed by atoms with E-state index in [-0.39, 0.29) is 25.2 Å². The molecule has 1 aliphatic carbocycles. The predicted octanol–water partition coefficient (Wildman–Crippen LogP) is 3.20. The lowest BCUT2D eigenvalue weighted by Crippen LogP contribution is -2.37. The van der Waals surface area contributed by atoms with Crippen molar-refractivity contribution in [1.82, 2.24) is 9.97 Å². The Balaban J connectivity index is 1.87. The maximum Gasteiger partial charge on any atom is 0.307 e. The van der Waals surface area contributed by atoms with Gasteiger partial charge in [0.15, 0.2) is 5.67 Å². The lowest BCUT2D eigenvalue weighted by atomic mass is 9.70. The molecule has 1 saturated carbocycles. The third-order valence-electron chi connectivity index (χ3n) is 4.42. The van der Waals surface area contributed by atoms with Gasteiger partial charge in [0, 0.05) is 24.7 Å². The molecule has 0 saturated heterocycles. The summed E-state index contributed by atoms with van der Waals surface area (Å²) in [6.45, 7) is 0. The smallest absolute Gasteiger partial charge is 0.307 e. The van der Waals surface area contributed by atoms with Crippen molar-refractivity contribution in [2.45, 2.75) is 30.8 Å². The number of carboxylic acids is 1. The van der Waals surface area contributed by atoms with Crippen LogP contribution in [-0.4, -0.2) is 26.7 Å². The van der Waals surface area contributed by atoms with Crippen LogP contribution >= 0.6 is 0 Å². The Bertz CT molecular complexity index is 770. The minimum Gasteiger partial charge on any atom is -0.481 e. The Morgan fingerprint density at radius 2 is 1.96 bits per heavy atom. The maximum absolute atomic E-state index is 15.2. The van der Waals surface area contributed by atoms with E-state index in [0.717, 1.165) is 5.56 Å². The summed E-state index contributed by atoms with van der Waals surface area (Å²) in [6, 6.07) is 9.25. The number of aromatic nitrogens is 2. The summed E-state index contributed by atoms with van der Waals surface area (Å²) in [5.41, 5.74) is -0.315. The van der Waals surface area contributed by atoms with E-state index in [2.05, 4.69) is 21.8 Å². The molecule has 0 bridgehead atoms. The number of hydrogen-bond donors (Lipinski definition) is 1. The molecular weight excluding hydrogens is 307 g/mol. The normalized spacial score (nSPS) is 26.2. The van der Waals surface area contributed by atoms with Gasteiger partial charge in [-0.25, -0.2) is 14.4 Å². The quantitative estimate of drug-likeness (QED) is 0.862. The molecule has 0 radical (unpaired) electrons. The van der Waals surface area contributed by atoms with Gasteiger partial charge in [0.05, 0.1) is 11.5 Å². The summed E-state index contributed by atoms with van der Waals surface area (Å²) in [4.78, 5) is 19.3. The average molecular weight is 324 g/mol. The Labute approximate surface area is 139 Å². The molecule has 1 fully saturated rings. The number of benzene rings is 1. The molecule has 5 heteroatoms. The van der Waals surface area contributed by atoms with Crippen LogP contribution in [0.25, 0.3) is 0 Å². The Kier molecular flexibility index (Phi) is 4.57. The van der Waals surface area contributed by atoms with Crippen molar-refractivity contribution in [3.8, 4) is 11.8 Å². The average Bonchev–Trinajstić information content (AvgIpc) is 2.61. The first-order chi connectivity index (χ1) is 11.6. The number of hydrogen-bond acceptors (Lipinski definition) is 3. The summed E-state index contributed by atoms with van der Waals surface area (Å²) in [5, 5.41) is 9.47. The molecule has 122 valence electrons. The van der Waals surface area contributed by atoms with E-state index in [1.54, 1.807) is 0 Å². The van der Waals surface area contributed by atoms with Crippen molar-refractivity contribution in [2.75, 3.05) is 0 Å². The van der Waals surface area contributed by atoms with Gasteiger partial charge < -0.3 is 5.11 Å². The van der Waals surface area contributed by atoms with E-state index in [4.69, 9.17) is 0 Å². The largest absolute Gasteiger partial charge is 0.481 e. The molecule has 24 heavy (non-hydrogen) atoms. The second-order valence-electron chi connectivity index (χ2n) is 6.05. The molecule has 1 N–H and O–H groups in total. The van der Waals surface area contributed by atoms with Crippen LogP contribution in [-0.2, 0) is 4.79 Å². The fraction of sp³-hybridized carbons (Fsp3) is 0.316. The molecule has 1 aromatic heterocycles. The van der Waals surface area contributed by atoms with Gasteiger partial charge in [-0.2, -0.15) is 0 Å². The molecule has 3 rings (SSSR count). The van der Waals surface area contributed by atoms with Crippen LogP contribution in [0.5, 0.6) is 0 Å². The minimum absolute atomic E-state index is 0.0780. The van der Waals surface area contributed by atoms with Crippen LogP contribution in [0.4, 0.5) is 4.39 Å². The van der Waals surface area contributed by atoms with Crippen molar-refractivity contribution < 1.29 is 14.3 Å². The van der Waals surface area contributed by atoms with Crippen LogP contribution in [0.2, 0.25) is 0 Å². The monoisotopic (exact) mass is 324 g/mol. The lowest BCUT2D eigenvalue weighted by molar-refractivity contribution is -0.144. The third kappa shape index (κ3) is 3.60. The predicted molar refractivity (Wildman–Crippen MR) is 86.9 cm³/mol. The molecule has 0 spiro atoms. The summed E-state index contributed by atoms with van der Waals surface area (Å²) >= 11 is 0. The summed E-state index contributed by atoms with van der Waals surface area (Å²) in [7, 11) is 0. The number of rotatable bonds is 2. The molecule has 0 unspecified atom stereocenters. The van der Waals surface area contributed by atoms with Crippen LogP contribution in [0.3, 0.4) is 0 Å². The zero-order valence-corrected chi connectivity index (χ0v) is 13.0. The Morgan fingerprint density at radius 1 is 1.25 bits per heavy atom. The van der Waals surface area contributed by atoms with E-state index >= 15 is 4.39 Å². The number of carboxylic acid groups (broad SMARTS) is 1. The van der Waals surface area contributed by atoms with Crippen molar-refractivity contribution in [3.05, 3.63) is 60.2 Å². The highest BCUT2D eigenvalue weighted by molar-refractivity contribution is 5.71. The summed E-state index contributed by atoms with van der Waals surface area (Å²) in [5.74, 6) is 3.61. The van der Waals surface area contributed by atoms with Gasteiger partial charge in [-0.15, -0.1) is 0 Å². The van der Waals surface area contributed by atoms with Crippen molar-refractivity contribution >= 4 is 5.97 Å². The SMILES string of the molecule is O=C(O)[C@@H]1CC[C@@](F)(C#Cc2cncnc2)C[C@H]1c1ccccc1. The summed E-state index contributed by atoms with van der Waals surface area (Å²) < 4.78 is 15.2. The zero-order chi connectivity index (χ0) is 17.0. The highest BCUT2D eigenvalue weighted by atomic mass is 19.1. The highest BCUT2D eigenvalue weighted by Crippen LogP contribution is 2.44. The second kappa shape index (κ2) is 6.79. The number of halogens is 1. The van der Waals surface area contributed by atoms with E-state index in [1.165, 1.54) is 18.7 Å². The van der Waals surface area contributed by atoms with Gasteiger partial charge in [0.2, 0.25) is 0 Å². The minimum atomic E-state index is -1.71. The second-order valence-corrected chi connectivity index (χ2v) is 6.05. The lowest BCUT2D eigenvalue weighted by Gasteiger charge is -2.35. The molecule has 2 aromatic rings. The van der Waals surface area contributed by atoms with Gasteiger partial charge in [0.1, 0.15) is 6.33 Å².